The van der Waals surface area contributed by atoms with E-state index in [9.17, 15) is 22.4 Å². The highest BCUT2D eigenvalue weighted by molar-refractivity contribution is 5.95. The minimum atomic E-state index is -4.60. The lowest BCUT2D eigenvalue weighted by molar-refractivity contribution is -0.137. The SMILES string of the molecule is C[C@@H]1CNCCN1C(=O)c1cc(C(F)(F)F)ccc1F. The summed E-state index contributed by atoms with van der Waals surface area (Å²) in [7, 11) is 0. The summed E-state index contributed by atoms with van der Waals surface area (Å²) in [6.45, 7) is 3.17. The molecular weight excluding hydrogens is 276 g/mol. The Bertz CT molecular complexity index is 516. The van der Waals surface area contributed by atoms with Crippen molar-refractivity contribution in [2.24, 2.45) is 0 Å². The van der Waals surface area contributed by atoms with E-state index >= 15 is 0 Å². The summed E-state index contributed by atoms with van der Waals surface area (Å²) >= 11 is 0. The van der Waals surface area contributed by atoms with Gasteiger partial charge in [0, 0.05) is 25.7 Å². The number of piperazine rings is 1. The van der Waals surface area contributed by atoms with Crippen molar-refractivity contribution in [1.82, 2.24) is 10.2 Å². The van der Waals surface area contributed by atoms with Gasteiger partial charge in [-0.05, 0) is 25.1 Å². The van der Waals surface area contributed by atoms with Gasteiger partial charge in [-0.2, -0.15) is 13.2 Å². The van der Waals surface area contributed by atoms with Gasteiger partial charge in [-0.15, -0.1) is 0 Å². The maximum atomic E-state index is 13.7. The molecule has 110 valence electrons. The van der Waals surface area contributed by atoms with E-state index in [2.05, 4.69) is 5.32 Å². The van der Waals surface area contributed by atoms with Gasteiger partial charge in [0.05, 0.1) is 11.1 Å². The quantitative estimate of drug-likeness (QED) is 0.805. The van der Waals surface area contributed by atoms with Gasteiger partial charge in [-0.1, -0.05) is 0 Å². The molecule has 0 bridgehead atoms. The summed E-state index contributed by atoms with van der Waals surface area (Å²) in [6.07, 6.45) is -4.60. The molecule has 3 nitrogen and oxygen atoms in total. The van der Waals surface area contributed by atoms with Gasteiger partial charge < -0.3 is 10.2 Å². The Balaban J connectivity index is 2.33. The van der Waals surface area contributed by atoms with Gasteiger partial charge in [-0.3, -0.25) is 4.79 Å². The van der Waals surface area contributed by atoms with E-state index in [1.54, 1.807) is 6.92 Å². The van der Waals surface area contributed by atoms with E-state index in [1.807, 2.05) is 0 Å². The summed E-state index contributed by atoms with van der Waals surface area (Å²) in [6, 6.07) is 1.70. The fourth-order valence-electron chi connectivity index (χ4n) is 2.16. The fourth-order valence-corrected chi connectivity index (χ4v) is 2.16. The fraction of sp³-hybridized carbons (Fsp3) is 0.462. The molecule has 2 rings (SSSR count). The molecule has 1 aromatic rings. The summed E-state index contributed by atoms with van der Waals surface area (Å²) in [5.41, 5.74) is -1.56. The van der Waals surface area contributed by atoms with E-state index < -0.39 is 29.0 Å². The molecule has 1 amide bonds. The van der Waals surface area contributed by atoms with Gasteiger partial charge in [0.15, 0.2) is 0 Å². The first-order valence-corrected chi connectivity index (χ1v) is 6.19. The zero-order valence-electron chi connectivity index (χ0n) is 10.8. The third-order valence-electron chi connectivity index (χ3n) is 3.29. The highest BCUT2D eigenvalue weighted by atomic mass is 19.4. The molecule has 0 radical (unpaired) electrons. The van der Waals surface area contributed by atoms with Crippen molar-refractivity contribution < 1.29 is 22.4 Å². The van der Waals surface area contributed by atoms with Gasteiger partial charge in [-0.25, -0.2) is 4.39 Å². The van der Waals surface area contributed by atoms with E-state index in [1.165, 1.54) is 4.90 Å². The largest absolute Gasteiger partial charge is 0.416 e. The molecule has 0 spiro atoms. The number of nitrogens with one attached hydrogen (secondary N) is 1. The summed E-state index contributed by atoms with van der Waals surface area (Å²) < 4.78 is 51.5. The highest BCUT2D eigenvalue weighted by Gasteiger charge is 2.33. The molecule has 1 heterocycles. The van der Waals surface area contributed by atoms with Crippen molar-refractivity contribution in [3.05, 3.63) is 35.1 Å². The first-order chi connectivity index (χ1) is 9.30. The summed E-state index contributed by atoms with van der Waals surface area (Å²) in [5, 5.41) is 3.05. The summed E-state index contributed by atoms with van der Waals surface area (Å²) in [4.78, 5) is 13.6. The van der Waals surface area contributed by atoms with E-state index in [-0.39, 0.29) is 6.04 Å². The molecule has 1 saturated heterocycles. The second-order valence-corrected chi connectivity index (χ2v) is 4.74. The molecule has 1 atom stereocenters. The number of rotatable bonds is 1. The van der Waals surface area contributed by atoms with Crippen LogP contribution in [0.1, 0.15) is 22.8 Å². The maximum absolute atomic E-state index is 13.7. The lowest BCUT2D eigenvalue weighted by Crippen LogP contribution is -2.52. The number of alkyl halides is 3. The van der Waals surface area contributed by atoms with Crippen LogP contribution in [-0.4, -0.2) is 36.5 Å². The number of hydrogen-bond acceptors (Lipinski definition) is 2. The Labute approximate surface area is 113 Å². The molecular formula is C13H14F4N2O. The second-order valence-electron chi connectivity index (χ2n) is 4.74. The molecule has 0 saturated carbocycles. The van der Waals surface area contributed by atoms with Crippen molar-refractivity contribution in [1.29, 1.82) is 0 Å². The third kappa shape index (κ3) is 2.92. The molecule has 1 N–H and O–H groups in total. The Morgan fingerprint density at radius 3 is 2.70 bits per heavy atom. The molecule has 0 aromatic heterocycles. The van der Waals surface area contributed by atoms with Crippen LogP contribution in [0.25, 0.3) is 0 Å². The van der Waals surface area contributed by atoms with Crippen LogP contribution in [0.4, 0.5) is 17.6 Å². The summed E-state index contributed by atoms with van der Waals surface area (Å²) in [5.74, 6) is -1.64. The van der Waals surface area contributed by atoms with E-state index in [0.717, 1.165) is 0 Å². The monoisotopic (exact) mass is 290 g/mol. The molecule has 0 aliphatic carbocycles. The predicted octanol–water partition coefficient (Wildman–Crippen LogP) is 2.28. The molecule has 1 fully saturated rings. The molecule has 20 heavy (non-hydrogen) atoms. The van der Waals surface area contributed by atoms with Crippen LogP contribution >= 0.6 is 0 Å². The van der Waals surface area contributed by atoms with Crippen LogP contribution < -0.4 is 5.32 Å². The zero-order chi connectivity index (χ0) is 14.9. The molecule has 1 aliphatic heterocycles. The van der Waals surface area contributed by atoms with Crippen LogP contribution in [0.5, 0.6) is 0 Å². The van der Waals surface area contributed by atoms with Crippen molar-refractivity contribution in [3.63, 3.8) is 0 Å². The van der Waals surface area contributed by atoms with Crippen molar-refractivity contribution >= 4 is 5.91 Å². The Kier molecular flexibility index (Phi) is 3.99. The smallest absolute Gasteiger partial charge is 0.333 e. The van der Waals surface area contributed by atoms with Gasteiger partial charge in [0.25, 0.3) is 5.91 Å². The minimum Gasteiger partial charge on any atom is -0.333 e. The Morgan fingerprint density at radius 2 is 2.10 bits per heavy atom. The average Bonchev–Trinajstić information content (AvgIpc) is 2.37. The van der Waals surface area contributed by atoms with Crippen LogP contribution in [0.3, 0.4) is 0 Å². The number of amides is 1. The third-order valence-corrected chi connectivity index (χ3v) is 3.29. The lowest BCUT2D eigenvalue weighted by Gasteiger charge is -2.34. The normalized spacial score (nSPS) is 20.1. The van der Waals surface area contributed by atoms with Gasteiger partial charge >= 0.3 is 6.18 Å². The Morgan fingerprint density at radius 1 is 1.40 bits per heavy atom. The number of carbonyl (C=O) groups excluding carboxylic acids is 1. The van der Waals surface area contributed by atoms with Crippen molar-refractivity contribution in [2.75, 3.05) is 19.6 Å². The lowest BCUT2D eigenvalue weighted by atomic mass is 10.1. The topological polar surface area (TPSA) is 32.3 Å². The Hall–Kier alpha value is -1.63. The molecule has 1 aromatic carbocycles. The van der Waals surface area contributed by atoms with Gasteiger partial charge in [0.1, 0.15) is 5.82 Å². The number of hydrogen-bond donors (Lipinski definition) is 1. The van der Waals surface area contributed by atoms with Crippen LogP contribution in [0.2, 0.25) is 0 Å². The second kappa shape index (κ2) is 5.40. The zero-order valence-corrected chi connectivity index (χ0v) is 10.8. The highest BCUT2D eigenvalue weighted by Crippen LogP contribution is 2.30. The van der Waals surface area contributed by atoms with E-state index in [4.69, 9.17) is 0 Å². The van der Waals surface area contributed by atoms with Crippen LogP contribution in [-0.2, 0) is 6.18 Å². The van der Waals surface area contributed by atoms with E-state index in [0.29, 0.717) is 37.8 Å². The van der Waals surface area contributed by atoms with Crippen molar-refractivity contribution in [3.8, 4) is 0 Å². The van der Waals surface area contributed by atoms with Crippen LogP contribution in [0.15, 0.2) is 18.2 Å². The standard InChI is InChI=1S/C13H14F4N2O/c1-8-7-18-4-5-19(8)12(20)10-6-9(13(15,16)17)2-3-11(10)14/h2-3,6,8,18H,4-5,7H2,1H3/t8-/m1/s1. The van der Waals surface area contributed by atoms with Crippen LogP contribution in [0, 0.1) is 5.82 Å². The minimum absolute atomic E-state index is 0.190. The number of benzene rings is 1. The first kappa shape index (κ1) is 14.8. The number of carbonyl (C=O) groups is 1. The first-order valence-electron chi connectivity index (χ1n) is 6.19. The molecule has 7 heteroatoms. The predicted molar refractivity (Wildman–Crippen MR) is 64.8 cm³/mol. The molecule has 0 unspecified atom stereocenters. The number of halogens is 4. The van der Waals surface area contributed by atoms with Crippen molar-refractivity contribution in [2.45, 2.75) is 19.1 Å². The average molecular weight is 290 g/mol. The number of nitrogens with zero attached hydrogens (tertiary/aromatic N) is 1. The maximum Gasteiger partial charge on any atom is 0.416 e. The van der Waals surface area contributed by atoms with Gasteiger partial charge in [0.2, 0.25) is 0 Å². The molecule has 1 aliphatic rings.